The van der Waals surface area contributed by atoms with Crippen molar-refractivity contribution in [1.29, 1.82) is 0 Å². The number of anilines is 2. The summed E-state index contributed by atoms with van der Waals surface area (Å²) in [5, 5.41) is 2.05. The summed E-state index contributed by atoms with van der Waals surface area (Å²) in [4.78, 5) is 24.0. The van der Waals surface area contributed by atoms with Gasteiger partial charge in [-0.2, -0.15) is 0 Å². The summed E-state index contributed by atoms with van der Waals surface area (Å²) in [5.41, 5.74) is 14.3. The summed E-state index contributed by atoms with van der Waals surface area (Å²) < 4.78 is 0. The Hall–Kier alpha value is -4.68. The van der Waals surface area contributed by atoms with Crippen LogP contribution < -0.4 is 10.6 Å². The molecule has 6 rings (SSSR count). The molecule has 1 amide bonds. The fraction of sp³-hybridized carbons (Fsp3) is 0.243. The lowest BCUT2D eigenvalue weighted by Gasteiger charge is -2.36. The molecule has 1 aliphatic heterocycles. The molecule has 0 radical (unpaired) electrons. The minimum atomic E-state index is 0.0863. The molecule has 1 aromatic heterocycles. The van der Waals surface area contributed by atoms with Gasteiger partial charge in [-0.25, -0.2) is 4.98 Å². The van der Waals surface area contributed by atoms with E-state index in [2.05, 4.69) is 108 Å². The topological polar surface area (TPSA) is 65.7 Å². The van der Waals surface area contributed by atoms with Gasteiger partial charge in [-0.3, -0.25) is 4.79 Å². The van der Waals surface area contributed by atoms with E-state index < -0.39 is 0 Å². The molecule has 43 heavy (non-hydrogen) atoms. The molecule has 1 aliphatic rings. The number of hydrogen-bond donors (Lipinski definition) is 1. The fourth-order valence-corrected chi connectivity index (χ4v) is 5.93. The van der Waals surface area contributed by atoms with Crippen LogP contribution in [0.3, 0.4) is 0 Å². The predicted molar refractivity (Wildman–Crippen MR) is 177 cm³/mol. The van der Waals surface area contributed by atoms with Gasteiger partial charge in [0.2, 0.25) is 0 Å². The Labute approximate surface area is 254 Å². The van der Waals surface area contributed by atoms with Crippen LogP contribution in [0.15, 0.2) is 103 Å². The van der Waals surface area contributed by atoms with Gasteiger partial charge in [-0.1, -0.05) is 66.7 Å². The van der Waals surface area contributed by atoms with Crippen molar-refractivity contribution in [1.82, 2.24) is 14.8 Å². The number of amides is 1. The Bertz CT molecular complexity index is 1700. The molecule has 0 spiro atoms. The quantitative estimate of drug-likeness (QED) is 0.238. The Morgan fingerprint density at radius 2 is 1.44 bits per heavy atom. The average molecular weight is 570 g/mol. The van der Waals surface area contributed by atoms with Crippen LogP contribution in [-0.4, -0.2) is 61.0 Å². The molecule has 2 heterocycles. The average Bonchev–Trinajstić information content (AvgIpc) is 3.04. The van der Waals surface area contributed by atoms with Gasteiger partial charge in [0.25, 0.3) is 5.91 Å². The minimum Gasteiger partial charge on any atom is -0.383 e. The molecule has 218 valence electrons. The van der Waals surface area contributed by atoms with Crippen molar-refractivity contribution in [3.8, 4) is 11.1 Å². The van der Waals surface area contributed by atoms with E-state index in [4.69, 9.17) is 5.73 Å². The highest BCUT2D eigenvalue weighted by atomic mass is 16.2. The first kappa shape index (κ1) is 28.4. The van der Waals surface area contributed by atoms with Gasteiger partial charge >= 0.3 is 0 Å². The second kappa shape index (κ2) is 12.7. The summed E-state index contributed by atoms with van der Waals surface area (Å²) in [6.45, 7) is 3.89. The van der Waals surface area contributed by atoms with E-state index in [1.54, 1.807) is 6.20 Å². The molecular formula is C37H39N5O. The third-order valence-electron chi connectivity index (χ3n) is 8.32. The largest absolute Gasteiger partial charge is 0.383 e. The number of pyridine rings is 1. The number of nitrogens with two attached hydrogens (primary N) is 1. The third-order valence-corrected chi connectivity index (χ3v) is 8.32. The maximum atomic E-state index is 13.3. The van der Waals surface area contributed by atoms with Gasteiger partial charge in [-0.05, 0) is 90.5 Å². The van der Waals surface area contributed by atoms with Gasteiger partial charge < -0.3 is 20.4 Å². The molecule has 0 atom stereocenters. The molecular weight excluding hydrogens is 530 g/mol. The summed E-state index contributed by atoms with van der Waals surface area (Å²) in [7, 11) is 4.20. The molecule has 0 bridgehead atoms. The standard InChI is InChI=1S/C37H39N5O/c1-40(2)26-29-5-3-4-28(24-29)7-6-27-8-10-30(11-9-27)31-12-14-33(15-13-31)37(43)42-22-20-41(21-23-42)34-17-16-32-18-19-39-36(38)35(32)25-34/h3-5,8-19,24-25H,6-7,20-23,26H2,1-2H3,(H2,38,39). The van der Waals surface area contributed by atoms with Crippen molar-refractivity contribution < 1.29 is 4.79 Å². The summed E-state index contributed by atoms with van der Waals surface area (Å²) >= 11 is 0. The number of aryl methyl sites for hydroxylation is 2. The number of nitrogens with zero attached hydrogens (tertiary/aromatic N) is 4. The molecule has 0 aliphatic carbocycles. The number of fused-ring (bicyclic) bond motifs is 1. The highest BCUT2D eigenvalue weighted by Crippen LogP contribution is 2.27. The smallest absolute Gasteiger partial charge is 0.253 e. The molecule has 0 unspecified atom stereocenters. The van der Waals surface area contributed by atoms with Crippen LogP contribution in [0.5, 0.6) is 0 Å². The lowest BCUT2D eigenvalue weighted by atomic mass is 9.99. The zero-order valence-corrected chi connectivity index (χ0v) is 25.0. The van der Waals surface area contributed by atoms with Gasteiger partial charge in [0.1, 0.15) is 5.82 Å². The highest BCUT2D eigenvalue weighted by Gasteiger charge is 2.22. The third kappa shape index (κ3) is 6.71. The Balaban J connectivity index is 1.03. The van der Waals surface area contributed by atoms with Crippen molar-refractivity contribution in [2.24, 2.45) is 0 Å². The van der Waals surface area contributed by atoms with Crippen molar-refractivity contribution in [3.05, 3.63) is 126 Å². The maximum absolute atomic E-state index is 13.3. The Morgan fingerprint density at radius 1 is 0.767 bits per heavy atom. The van der Waals surface area contributed by atoms with Gasteiger partial charge in [0, 0.05) is 55.6 Å². The van der Waals surface area contributed by atoms with Gasteiger partial charge in [-0.15, -0.1) is 0 Å². The summed E-state index contributed by atoms with van der Waals surface area (Å²) in [6.07, 6.45) is 3.78. The Morgan fingerprint density at radius 3 is 2.16 bits per heavy atom. The molecule has 6 heteroatoms. The van der Waals surface area contributed by atoms with E-state index in [-0.39, 0.29) is 5.91 Å². The lowest BCUT2D eigenvalue weighted by Crippen LogP contribution is -2.48. The molecule has 5 aromatic rings. The number of carbonyl (C=O) groups is 1. The number of aromatic nitrogens is 1. The van der Waals surface area contributed by atoms with Gasteiger partial charge in [0.05, 0.1) is 0 Å². The van der Waals surface area contributed by atoms with E-state index >= 15 is 0 Å². The predicted octanol–water partition coefficient (Wildman–Crippen LogP) is 6.29. The normalized spacial score (nSPS) is 13.6. The molecule has 1 fully saturated rings. The Kier molecular flexibility index (Phi) is 8.38. The SMILES string of the molecule is CN(C)Cc1cccc(CCc2ccc(-c3ccc(C(=O)N4CCN(c5ccc6ccnc(N)c6c5)CC4)cc3)cc2)c1. The maximum Gasteiger partial charge on any atom is 0.253 e. The first-order valence-corrected chi connectivity index (χ1v) is 15.0. The lowest BCUT2D eigenvalue weighted by molar-refractivity contribution is 0.0747. The number of carbonyl (C=O) groups excluding carboxylic acids is 1. The van der Waals surface area contributed by atoms with Crippen molar-refractivity contribution in [2.45, 2.75) is 19.4 Å². The first-order chi connectivity index (χ1) is 20.9. The zero-order valence-electron chi connectivity index (χ0n) is 25.0. The van der Waals surface area contributed by atoms with Gasteiger partial charge in [0.15, 0.2) is 0 Å². The van der Waals surface area contributed by atoms with Crippen LogP contribution in [0.2, 0.25) is 0 Å². The second-order valence-corrected chi connectivity index (χ2v) is 11.7. The van der Waals surface area contributed by atoms with E-state index in [1.165, 1.54) is 16.7 Å². The van der Waals surface area contributed by atoms with Crippen LogP contribution in [-0.2, 0) is 19.4 Å². The number of nitrogen functional groups attached to an aromatic ring is 1. The number of hydrogen-bond acceptors (Lipinski definition) is 5. The number of rotatable bonds is 8. The molecule has 4 aromatic carbocycles. The van der Waals surface area contributed by atoms with E-state index in [9.17, 15) is 4.79 Å². The van der Waals surface area contributed by atoms with Crippen LogP contribution in [0, 0.1) is 0 Å². The fourth-order valence-electron chi connectivity index (χ4n) is 5.93. The summed E-state index contributed by atoms with van der Waals surface area (Å²) in [5.74, 6) is 0.632. The molecule has 0 saturated carbocycles. The monoisotopic (exact) mass is 569 g/mol. The first-order valence-electron chi connectivity index (χ1n) is 15.0. The van der Waals surface area contributed by atoms with E-state index in [1.807, 2.05) is 23.1 Å². The van der Waals surface area contributed by atoms with Crippen LogP contribution in [0.4, 0.5) is 11.5 Å². The molecule has 2 N–H and O–H groups in total. The summed E-state index contributed by atoms with van der Waals surface area (Å²) in [6, 6.07) is 34.0. The van der Waals surface area contributed by atoms with E-state index in [0.717, 1.165) is 65.6 Å². The zero-order chi connectivity index (χ0) is 29.8. The van der Waals surface area contributed by atoms with Crippen LogP contribution in [0.1, 0.15) is 27.0 Å². The number of piperazine rings is 1. The van der Waals surface area contributed by atoms with Crippen molar-refractivity contribution in [2.75, 3.05) is 50.9 Å². The highest BCUT2D eigenvalue weighted by molar-refractivity contribution is 5.95. The van der Waals surface area contributed by atoms with Crippen LogP contribution >= 0.6 is 0 Å². The minimum absolute atomic E-state index is 0.0863. The number of benzene rings is 4. The van der Waals surface area contributed by atoms with Crippen molar-refractivity contribution >= 4 is 28.2 Å². The second-order valence-electron chi connectivity index (χ2n) is 11.7. The van der Waals surface area contributed by atoms with E-state index in [0.29, 0.717) is 18.9 Å². The molecule has 6 nitrogen and oxygen atoms in total. The van der Waals surface area contributed by atoms with Crippen molar-refractivity contribution in [3.63, 3.8) is 0 Å². The van der Waals surface area contributed by atoms with Crippen LogP contribution in [0.25, 0.3) is 21.9 Å². The molecule has 1 saturated heterocycles.